The molecule has 0 aliphatic heterocycles. The highest BCUT2D eigenvalue weighted by Gasteiger charge is 2.29. The van der Waals surface area contributed by atoms with Crippen molar-refractivity contribution >= 4 is 0 Å². The molecule has 0 heterocycles. The highest BCUT2D eigenvalue weighted by Crippen LogP contribution is 2.33. The summed E-state index contributed by atoms with van der Waals surface area (Å²) in [5, 5.41) is 0. The van der Waals surface area contributed by atoms with E-state index in [1.54, 1.807) is 0 Å². The lowest BCUT2D eigenvalue weighted by atomic mass is 9.83. The van der Waals surface area contributed by atoms with E-state index < -0.39 is 0 Å². The van der Waals surface area contributed by atoms with E-state index in [9.17, 15) is 0 Å². The molecule has 3 unspecified atom stereocenters. The average molecular weight is 274 g/mol. The van der Waals surface area contributed by atoms with Crippen LogP contribution in [0.3, 0.4) is 0 Å². The zero-order valence-corrected chi connectivity index (χ0v) is 13.5. The first kappa shape index (κ1) is 15.5. The molecule has 2 rings (SSSR count). The molecule has 0 radical (unpaired) electrons. The summed E-state index contributed by atoms with van der Waals surface area (Å²) >= 11 is 0. The molecule has 1 aromatic carbocycles. The van der Waals surface area contributed by atoms with Gasteiger partial charge in [-0.25, -0.2) is 0 Å². The third-order valence-corrected chi connectivity index (χ3v) is 5.10. The summed E-state index contributed by atoms with van der Waals surface area (Å²) in [6, 6.07) is 7.76. The number of hydrogen-bond donors (Lipinski definition) is 1. The number of nitrogens with two attached hydrogens (primary N) is 1. The maximum Gasteiger partial charge on any atom is 0.0473 e. The first-order chi connectivity index (χ1) is 9.54. The number of aryl methyl sites for hydroxylation is 2. The standard InChI is InChI=1S/C18H30N2/c1-13-9-10-14(2)16(11-13)18(12-19)20(4)17-8-6-5-7-15(17)3/h9-11,15,17-18H,5-8,12,19H2,1-4H3. The third kappa shape index (κ3) is 3.24. The van der Waals surface area contributed by atoms with Crippen molar-refractivity contribution in [2.45, 2.75) is 58.5 Å². The van der Waals surface area contributed by atoms with Gasteiger partial charge in [-0.3, -0.25) is 4.90 Å². The molecule has 112 valence electrons. The van der Waals surface area contributed by atoms with Gasteiger partial charge < -0.3 is 5.73 Å². The zero-order valence-electron chi connectivity index (χ0n) is 13.5. The maximum absolute atomic E-state index is 6.14. The lowest BCUT2D eigenvalue weighted by Gasteiger charge is -2.41. The molecule has 0 aromatic heterocycles. The summed E-state index contributed by atoms with van der Waals surface area (Å²) in [5.41, 5.74) is 10.2. The number of rotatable bonds is 4. The van der Waals surface area contributed by atoms with E-state index in [4.69, 9.17) is 5.73 Å². The van der Waals surface area contributed by atoms with Crippen LogP contribution in [0.25, 0.3) is 0 Å². The van der Waals surface area contributed by atoms with E-state index in [1.807, 2.05) is 0 Å². The van der Waals surface area contributed by atoms with Crippen LogP contribution in [0.15, 0.2) is 18.2 Å². The third-order valence-electron chi connectivity index (χ3n) is 5.10. The number of hydrogen-bond acceptors (Lipinski definition) is 2. The second-order valence-corrected chi connectivity index (χ2v) is 6.61. The van der Waals surface area contributed by atoms with Crippen molar-refractivity contribution in [3.05, 3.63) is 34.9 Å². The summed E-state index contributed by atoms with van der Waals surface area (Å²) in [4.78, 5) is 2.55. The Balaban J connectivity index is 2.24. The Hall–Kier alpha value is -0.860. The minimum Gasteiger partial charge on any atom is -0.329 e. The molecule has 1 aliphatic rings. The molecule has 1 aliphatic carbocycles. The topological polar surface area (TPSA) is 29.3 Å². The average Bonchev–Trinajstić information content (AvgIpc) is 2.44. The van der Waals surface area contributed by atoms with Gasteiger partial charge in [-0.05, 0) is 50.8 Å². The van der Waals surface area contributed by atoms with E-state index in [0.29, 0.717) is 18.6 Å². The maximum atomic E-state index is 6.14. The van der Waals surface area contributed by atoms with Crippen LogP contribution in [0.5, 0.6) is 0 Å². The van der Waals surface area contributed by atoms with Crippen LogP contribution in [0, 0.1) is 19.8 Å². The van der Waals surface area contributed by atoms with Crippen LogP contribution in [0.2, 0.25) is 0 Å². The van der Waals surface area contributed by atoms with Gasteiger partial charge in [-0.2, -0.15) is 0 Å². The Bertz CT molecular complexity index is 441. The Morgan fingerprint density at radius 2 is 1.95 bits per heavy atom. The minimum atomic E-state index is 0.348. The molecule has 0 saturated heterocycles. The molecule has 1 aromatic rings. The molecule has 2 N–H and O–H groups in total. The molecule has 20 heavy (non-hydrogen) atoms. The van der Waals surface area contributed by atoms with Gasteiger partial charge in [0.05, 0.1) is 0 Å². The van der Waals surface area contributed by atoms with Crippen LogP contribution in [0.4, 0.5) is 0 Å². The van der Waals surface area contributed by atoms with Gasteiger partial charge in [0.15, 0.2) is 0 Å². The van der Waals surface area contributed by atoms with E-state index in [2.05, 4.69) is 50.9 Å². The largest absolute Gasteiger partial charge is 0.329 e. The Morgan fingerprint density at radius 3 is 2.60 bits per heavy atom. The van der Waals surface area contributed by atoms with Crippen molar-refractivity contribution in [2.24, 2.45) is 11.7 Å². The lowest BCUT2D eigenvalue weighted by molar-refractivity contribution is 0.0989. The Morgan fingerprint density at radius 1 is 1.25 bits per heavy atom. The fourth-order valence-electron chi connectivity index (χ4n) is 3.76. The summed E-state index contributed by atoms with van der Waals surface area (Å²) in [6.45, 7) is 7.47. The molecule has 3 atom stereocenters. The minimum absolute atomic E-state index is 0.348. The zero-order chi connectivity index (χ0) is 14.7. The predicted molar refractivity (Wildman–Crippen MR) is 86.9 cm³/mol. The van der Waals surface area contributed by atoms with Gasteiger partial charge in [-0.1, -0.05) is 43.5 Å². The highest BCUT2D eigenvalue weighted by atomic mass is 15.2. The molecule has 0 amide bonds. The van der Waals surface area contributed by atoms with Gasteiger partial charge in [0.1, 0.15) is 0 Å². The Labute approximate surface area is 124 Å². The fourth-order valence-corrected chi connectivity index (χ4v) is 3.76. The molecule has 0 bridgehead atoms. The normalized spacial score (nSPS) is 24.9. The first-order valence-corrected chi connectivity index (χ1v) is 8.03. The Kier molecular flexibility index (Phi) is 5.22. The molecular weight excluding hydrogens is 244 g/mol. The fraction of sp³-hybridized carbons (Fsp3) is 0.667. The second kappa shape index (κ2) is 6.73. The molecule has 1 fully saturated rings. The molecular formula is C18H30N2. The van der Waals surface area contributed by atoms with Gasteiger partial charge in [-0.15, -0.1) is 0 Å². The van der Waals surface area contributed by atoms with Crippen molar-refractivity contribution in [3.8, 4) is 0 Å². The van der Waals surface area contributed by atoms with Crippen LogP contribution in [-0.2, 0) is 0 Å². The summed E-state index contributed by atoms with van der Waals surface area (Å²) < 4.78 is 0. The number of nitrogens with zero attached hydrogens (tertiary/aromatic N) is 1. The van der Waals surface area contributed by atoms with E-state index in [1.165, 1.54) is 42.4 Å². The van der Waals surface area contributed by atoms with Gasteiger partial charge in [0, 0.05) is 18.6 Å². The van der Waals surface area contributed by atoms with Crippen molar-refractivity contribution in [1.82, 2.24) is 4.90 Å². The number of likely N-dealkylation sites (N-methyl/N-ethyl adjacent to an activating group) is 1. The van der Waals surface area contributed by atoms with Crippen molar-refractivity contribution in [3.63, 3.8) is 0 Å². The van der Waals surface area contributed by atoms with Crippen LogP contribution < -0.4 is 5.73 Å². The monoisotopic (exact) mass is 274 g/mol. The summed E-state index contributed by atoms with van der Waals surface area (Å²) in [5.74, 6) is 0.785. The number of benzene rings is 1. The summed E-state index contributed by atoms with van der Waals surface area (Å²) in [6.07, 6.45) is 5.43. The van der Waals surface area contributed by atoms with Gasteiger partial charge in [0.25, 0.3) is 0 Å². The van der Waals surface area contributed by atoms with E-state index >= 15 is 0 Å². The van der Waals surface area contributed by atoms with Gasteiger partial charge in [0.2, 0.25) is 0 Å². The predicted octanol–water partition coefficient (Wildman–Crippen LogP) is 3.81. The SMILES string of the molecule is Cc1ccc(C)c(C(CN)N(C)C2CCCCC2C)c1. The molecule has 0 spiro atoms. The van der Waals surface area contributed by atoms with Crippen molar-refractivity contribution in [2.75, 3.05) is 13.6 Å². The summed E-state index contributed by atoms with van der Waals surface area (Å²) in [7, 11) is 2.27. The van der Waals surface area contributed by atoms with Crippen LogP contribution in [-0.4, -0.2) is 24.5 Å². The van der Waals surface area contributed by atoms with Crippen molar-refractivity contribution < 1.29 is 0 Å². The second-order valence-electron chi connectivity index (χ2n) is 6.61. The molecule has 1 saturated carbocycles. The smallest absolute Gasteiger partial charge is 0.0473 e. The highest BCUT2D eigenvalue weighted by molar-refractivity contribution is 5.33. The van der Waals surface area contributed by atoms with E-state index in [0.717, 1.165) is 5.92 Å². The molecule has 2 heteroatoms. The van der Waals surface area contributed by atoms with Crippen LogP contribution in [0.1, 0.15) is 55.3 Å². The van der Waals surface area contributed by atoms with Crippen LogP contribution >= 0.6 is 0 Å². The van der Waals surface area contributed by atoms with Crippen molar-refractivity contribution in [1.29, 1.82) is 0 Å². The first-order valence-electron chi connectivity index (χ1n) is 8.03. The quantitative estimate of drug-likeness (QED) is 0.904. The van der Waals surface area contributed by atoms with E-state index in [-0.39, 0.29) is 0 Å². The van der Waals surface area contributed by atoms with Gasteiger partial charge >= 0.3 is 0 Å². The molecule has 2 nitrogen and oxygen atoms in total. The lowest BCUT2D eigenvalue weighted by Crippen LogP contribution is -2.43.